The molecule has 1 aromatic heterocycles. The van der Waals surface area contributed by atoms with Gasteiger partial charge >= 0.3 is 0 Å². The fraction of sp³-hybridized carbons (Fsp3) is 0.273. The highest BCUT2D eigenvalue weighted by molar-refractivity contribution is 7.99. The number of halogens is 2. The zero-order valence-corrected chi connectivity index (χ0v) is 18.4. The van der Waals surface area contributed by atoms with Gasteiger partial charge in [-0.15, -0.1) is 0 Å². The lowest BCUT2D eigenvalue weighted by molar-refractivity contribution is -0.127. The van der Waals surface area contributed by atoms with E-state index in [0.717, 1.165) is 48.0 Å². The van der Waals surface area contributed by atoms with Crippen molar-refractivity contribution in [2.45, 2.75) is 24.9 Å². The summed E-state index contributed by atoms with van der Waals surface area (Å²) in [5.41, 5.74) is 4.00. The summed E-state index contributed by atoms with van der Waals surface area (Å²) in [6.45, 7) is 3.78. The summed E-state index contributed by atoms with van der Waals surface area (Å²) in [5, 5.41) is 1.80. The van der Waals surface area contributed by atoms with Crippen molar-refractivity contribution in [1.82, 2.24) is 14.5 Å². The average molecular weight is 446 g/mol. The number of rotatable bonds is 5. The molecule has 4 nitrogen and oxygen atoms in total. The minimum absolute atomic E-state index is 0.169. The predicted molar refractivity (Wildman–Crippen MR) is 120 cm³/mol. The zero-order valence-electron chi connectivity index (χ0n) is 16.1. The van der Waals surface area contributed by atoms with Crippen LogP contribution in [0.4, 0.5) is 0 Å². The number of thioether (sulfide) groups is 1. The fourth-order valence-electron chi connectivity index (χ4n) is 3.42. The van der Waals surface area contributed by atoms with Crippen molar-refractivity contribution in [3.63, 3.8) is 0 Å². The molecule has 2 heterocycles. The third-order valence-electron chi connectivity index (χ3n) is 5.02. The topological polar surface area (TPSA) is 38.1 Å². The Kier molecular flexibility index (Phi) is 6.18. The number of hydrogen-bond donors (Lipinski definition) is 0. The molecule has 0 radical (unpaired) electrons. The molecule has 0 N–H and O–H groups in total. The summed E-state index contributed by atoms with van der Waals surface area (Å²) in [4.78, 5) is 19.1. The lowest BCUT2D eigenvalue weighted by atomic mass is 10.1. The van der Waals surface area contributed by atoms with Crippen LogP contribution in [0.3, 0.4) is 0 Å². The number of aromatic nitrogens is 2. The Morgan fingerprint density at radius 3 is 2.48 bits per heavy atom. The first-order chi connectivity index (χ1) is 14.0. The number of carbonyl (C=O) groups excluding carboxylic acids is 1. The van der Waals surface area contributed by atoms with E-state index >= 15 is 0 Å². The summed E-state index contributed by atoms with van der Waals surface area (Å²) in [5.74, 6) is 0.547. The number of nitrogens with zero attached hydrogens (tertiary/aromatic N) is 3. The molecule has 1 saturated heterocycles. The van der Waals surface area contributed by atoms with Crippen molar-refractivity contribution < 1.29 is 4.79 Å². The van der Waals surface area contributed by atoms with Gasteiger partial charge in [-0.2, -0.15) is 0 Å². The molecule has 4 rings (SSSR count). The molecule has 1 aliphatic rings. The summed E-state index contributed by atoms with van der Waals surface area (Å²) in [6, 6.07) is 13.8. The molecule has 1 aliphatic heterocycles. The maximum atomic E-state index is 12.5. The Hall–Kier alpha value is -1.95. The van der Waals surface area contributed by atoms with Crippen LogP contribution in [0.25, 0.3) is 16.9 Å². The van der Waals surface area contributed by atoms with Gasteiger partial charge in [-0.05, 0) is 44.0 Å². The van der Waals surface area contributed by atoms with Crippen molar-refractivity contribution in [2.75, 3.05) is 18.8 Å². The summed E-state index contributed by atoms with van der Waals surface area (Å²) in [6.07, 6.45) is 4.01. The van der Waals surface area contributed by atoms with Crippen molar-refractivity contribution >= 4 is 40.9 Å². The molecule has 0 saturated carbocycles. The molecule has 0 atom stereocenters. The van der Waals surface area contributed by atoms with Crippen LogP contribution < -0.4 is 0 Å². The average Bonchev–Trinajstić information content (AvgIpc) is 3.39. The Balaban J connectivity index is 1.69. The lowest BCUT2D eigenvalue weighted by Gasteiger charge is -2.16. The first-order valence-electron chi connectivity index (χ1n) is 9.54. The highest BCUT2D eigenvalue weighted by Crippen LogP contribution is 2.33. The van der Waals surface area contributed by atoms with E-state index in [4.69, 9.17) is 23.2 Å². The summed E-state index contributed by atoms with van der Waals surface area (Å²) >= 11 is 13.8. The first-order valence-corrected chi connectivity index (χ1v) is 11.3. The lowest BCUT2D eigenvalue weighted by Crippen LogP contribution is -2.29. The number of aryl methyl sites for hydroxylation is 1. The smallest absolute Gasteiger partial charge is 0.233 e. The highest BCUT2D eigenvalue weighted by Gasteiger charge is 2.20. The number of carbonyl (C=O) groups is 1. The van der Waals surface area contributed by atoms with Gasteiger partial charge in [0.25, 0.3) is 0 Å². The van der Waals surface area contributed by atoms with Crippen LogP contribution >= 0.6 is 35.0 Å². The SMILES string of the molecule is Cc1ccc(-n2c(-c3ccc(Cl)c(Cl)c3)cnc2SCC(=O)N2CCCC2)cc1. The summed E-state index contributed by atoms with van der Waals surface area (Å²) < 4.78 is 2.07. The molecular formula is C22H21Cl2N3OS. The first kappa shape index (κ1) is 20.3. The Bertz CT molecular complexity index is 1030. The normalized spacial score (nSPS) is 13.8. The van der Waals surface area contributed by atoms with Crippen molar-refractivity contribution in [3.05, 3.63) is 64.3 Å². The van der Waals surface area contributed by atoms with Crippen LogP contribution in [-0.4, -0.2) is 39.2 Å². The van der Waals surface area contributed by atoms with E-state index in [1.807, 2.05) is 23.2 Å². The molecular weight excluding hydrogens is 425 g/mol. The molecule has 0 unspecified atom stereocenters. The van der Waals surface area contributed by atoms with Crippen molar-refractivity contribution in [3.8, 4) is 16.9 Å². The van der Waals surface area contributed by atoms with Gasteiger partial charge < -0.3 is 4.90 Å². The Labute approximate surface area is 184 Å². The minimum atomic E-state index is 0.169. The van der Waals surface area contributed by atoms with E-state index in [-0.39, 0.29) is 5.91 Å². The zero-order chi connectivity index (χ0) is 20.4. The second kappa shape index (κ2) is 8.82. The highest BCUT2D eigenvalue weighted by atomic mass is 35.5. The molecule has 1 fully saturated rings. The van der Waals surface area contributed by atoms with Crippen molar-refractivity contribution in [2.24, 2.45) is 0 Å². The molecule has 0 aliphatic carbocycles. The van der Waals surface area contributed by atoms with Crippen molar-refractivity contribution in [1.29, 1.82) is 0 Å². The third kappa shape index (κ3) is 4.47. The van der Waals surface area contributed by atoms with Gasteiger partial charge in [-0.1, -0.05) is 58.7 Å². The van der Waals surface area contributed by atoms with E-state index in [2.05, 4.69) is 40.7 Å². The molecule has 0 spiro atoms. The quantitative estimate of drug-likeness (QED) is 0.460. The molecule has 29 heavy (non-hydrogen) atoms. The van der Waals surface area contributed by atoms with Crippen LogP contribution in [0.2, 0.25) is 10.0 Å². The maximum absolute atomic E-state index is 12.5. The summed E-state index contributed by atoms with van der Waals surface area (Å²) in [7, 11) is 0. The third-order valence-corrected chi connectivity index (χ3v) is 6.70. The minimum Gasteiger partial charge on any atom is -0.342 e. The van der Waals surface area contributed by atoms with Crippen LogP contribution in [-0.2, 0) is 4.79 Å². The molecule has 2 aromatic carbocycles. The molecule has 0 bridgehead atoms. The monoisotopic (exact) mass is 445 g/mol. The predicted octanol–water partition coefficient (Wildman–Crippen LogP) is 5.87. The van der Waals surface area contributed by atoms with E-state index in [0.29, 0.717) is 15.8 Å². The van der Waals surface area contributed by atoms with Gasteiger partial charge in [0.2, 0.25) is 5.91 Å². The van der Waals surface area contributed by atoms with E-state index in [1.54, 1.807) is 6.07 Å². The Morgan fingerprint density at radius 2 is 1.79 bits per heavy atom. The van der Waals surface area contributed by atoms with Gasteiger partial charge in [0.15, 0.2) is 5.16 Å². The number of benzene rings is 2. The van der Waals surface area contributed by atoms with Crippen LogP contribution in [0.15, 0.2) is 53.8 Å². The van der Waals surface area contributed by atoms with Crippen LogP contribution in [0, 0.1) is 6.92 Å². The van der Waals surface area contributed by atoms with Gasteiger partial charge in [-0.3, -0.25) is 9.36 Å². The van der Waals surface area contributed by atoms with Gasteiger partial charge in [0, 0.05) is 24.3 Å². The van der Waals surface area contributed by atoms with E-state index in [9.17, 15) is 4.79 Å². The number of amides is 1. The van der Waals surface area contributed by atoms with Gasteiger partial charge in [-0.25, -0.2) is 4.98 Å². The number of likely N-dealkylation sites (tertiary alicyclic amines) is 1. The maximum Gasteiger partial charge on any atom is 0.233 e. The van der Waals surface area contributed by atoms with Gasteiger partial charge in [0.1, 0.15) is 0 Å². The van der Waals surface area contributed by atoms with Crippen LogP contribution in [0.1, 0.15) is 18.4 Å². The van der Waals surface area contributed by atoms with Crippen LogP contribution in [0.5, 0.6) is 0 Å². The fourth-order valence-corrected chi connectivity index (χ4v) is 4.62. The Morgan fingerprint density at radius 1 is 1.07 bits per heavy atom. The number of imidazole rings is 1. The second-order valence-corrected chi connectivity index (χ2v) is 8.86. The second-order valence-electron chi connectivity index (χ2n) is 7.10. The largest absolute Gasteiger partial charge is 0.342 e. The van der Waals surface area contributed by atoms with E-state index < -0.39 is 0 Å². The molecule has 150 valence electrons. The molecule has 7 heteroatoms. The molecule has 1 amide bonds. The van der Waals surface area contributed by atoms with E-state index in [1.165, 1.54) is 17.3 Å². The van der Waals surface area contributed by atoms with Gasteiger partial charge in [0.05, 0.1) is 27.7 Å². The molecule has 3 aromatic rings. The standard InChI is InChI=1S/C22H21Cl2N3OS/c1-15-4-7-17(8-5-15)27-20(16-6-9-18(23)19(24)12-16)13-25-22(27)29-14-21(28)26-10-2-3-11-26/h4-9,12-13H,2-3,10-11,14H2,1H3. The number of hydrogen-bond acceptors (Lipinski definition) is 3.